The molecule has 3 aromatic heterocycles. The lowest BCUT2D eigenvalue weighted by Crippen LogP contribution is -2.24. The van der Waals surface area contributed by atoms with Crippen LogP contribution in [0.2, 0.25) is 0 Å². The summed E-state index contributed by atoms with van der Waals surface area (Å²) in [6.45, 7) is -0.00702. The SMILES string of the molecule is Nc1ccc(NC(=O)c2cnc(CNC(=O)c3cc(Nc4ccon4)ncn3)s2)cc1C(F)(F)F. The van der Waals surface area contributed by atoms with Crippen LogP contribution in [0.5, 0.6) is 0 Å². The molecule has 4 aromatic rings. The van der Waals surface area contributed by atoms with Gasteiger partial charge in [-0.25, -0.2) is 15.0 Å². The highest BCUT2D eigenvalue weighted by Crippen LogP contribution is 2.35. The van der Waals surface area contributed by atoms with Gasteiger partial charge >= 0.3 is 6.18 Å². The van der Waals surface area contributed by atoms with Crippen LogP contribution < -0.4 is 21.7 Å². The minimum absolute atomic E-state index is 0.00702. The molecule has 11 nitrogen and oxygen atoms in total. The number of nitrogens with one attached hydrogen (secondary N) is 3. The fourth-order valence-corrected chi connectivity index (χ4v) is 3.53. The smallest absolute Gasteiger partial charge is 0.398 e. The first-order valence-electron chi connectivity index (χ1n) is 9.69. The molecule has 0 aliphatic carbocycles. The molecule has 0 saturated heterocycles. The van der Waals surface area contributed by atoms with Gasteiger partial charge in [-0.1, -0.05) is 5.16 Å². The van der Waals surface area contributed by atoms with Crippen molar-refractivity contribution in [2.24, 2.45) is 0 Å². The number of nitrogen functional groups attached to an aromatic ring is 1. The van der Waals surface area contributed by atoms with E-state index in [1.807, 2.05) is 0 Å². The zero-order chi connectivity index (χ0) is 25.0. The molecule has 4 rings (SSSR count). The number of anilines is 4. The van der Waals surface area contributed by atoms with Crippen LogP contribution in [0.25, 0.3) is 0 Å². The van der Waals surface area contributed by atoms with Crippen molar-refractivity contribution in [1.82, 2.24) is 25.4 Å². The maximum Gasteiger partial charge on any atom is 0.418 e. The van der Waals surface area contributed by atoms with Gasteiger partial charge in [0.2, 0.25) is 0 Å². The predicted octanol–water partition coefficient (Wildman–Crippen LogP) is 3.45. The van der Waals surface area contributed by atoms with Crippen molar-refractivity contribution in [2.75, 3.05) is 16.4 Å². The first-order chi connectivity index (χ1) is 16.7. The number of nitrogens with zero attached hydrogens (tertiary/aromatic N) is 4. The van der Waals surface area contributed by atoms with E-state index >= 15 is 0 Å². The Morgan fingerprint density at radius 1 is 1.06 bits per heavy atom. The molecule has 0 radical (unpaired) electrons. The van der Waals surface area contributed by atoms with Crippen LogP contribution in [0.3, 0.4) is 0 Å². The van der Waals surface area contributed by atoms with Crippen molar-refractivity contribution < 1.29 is 27.3 Å². The van der Waals surface area contributed by atoms with Gasteiger partial charge in [0.15, 0.2) is 5.82 Å². The van der Waals surface area contributed by atoms with E-state index < -0.39 is 29.2 Å². The summed E-state index contributed by atoms with van der Waals surface area (Å²) in [5, 5.41) is 11.9. The van der Waals surface area contributed by atoms with Gasteiger partial charge in [0.1, 0.15) is 34.0 Å². The van der Waals surface area contributed by atoms with E-state index in [9.17, 15) is 22.8 Å². The molecule has 0 fully saturated rings. The van der Waals surface area contributed by atoms with E-state index in [0.29, 0.717) is 16.6 Å². The zero-order valence-electron chi connectivity index (χ0n) is 17.5. The highest BCUT2D eigenvalue weighted by atomic mass is 32.1. The number of alkyl halides is 3. The lowest BCUT2D eigenvalue weighted by Gasteiger charge is -2.12. The predicted molar refractivity (Wildman–Crippen MR) is 119 cm³/mol. The van der Waals surface area contributed by atoms with Crippen molar-refractivity contribution in [3.63, 3.8) is 0 Å². The number of aromatic nitrogens is 4. The standard InChI is InChI=1S/C20H15F3N8O3S/c21-20(22,23)11-5-10(1-2-12(11)24)29-19(33)14-7-25-17(35-14)8-26-18(32)13-6-16(28-9-27-13)30-15-3-4-34-31-15/h1-7,9H,8,24H2,(H,26,32)(H,29,33)(H,27,28,30,31). The van der Waals surface area contributed by atoms with Crippen LogP contribution in [0.4, 0.5) is 36.2 Å². The van der Waals surface area contributed by atoms with Gasteiger partial charge in [0, 0.05) is 23.5 Å². The van der Waals surface area contributed by atoms with Crippen molar-refractivity contribution in [3.05, 3.63) is 70.3 Å². The average Bonchev–Trinajstić information content (AvgIpc) is 3.50. The lowest BCUT2D eigenvalue weighted by atomic mass is 10.1. The normalized spacial score (nSPS) is 11.2. The van der Waals surface area contributed by atoms with Crippen LogP contribution >= 0.6 is 11.3 Å². The third kappa shape index (κ3) is 5.89. The van der Waals surface area contributed by atoms with Crippen molar-refractivity contribution in [3.8, 4) is 0 Å². The van der Waals surface area contributed by atoms with Gasteiger partial charge in [-0.2, -0.15) is 13.2 Å². The van der Waals surface area contributed by atoms with E-state index in [1.165, 1.54) is 30.9 Å². The van der Waals surface area contributed by atoms with Crippen LogP contribution in [0.1, 0.15) is 30.7 Å². The molecule has 0 unspecified atom stereocenters. The second kappa shape index (κ2) is 9.76. The van der Waals surface area contributed by atoms with Crippen LogP contribution in [-0.2, 0) is 12.7 Å². The van der Waals surface area contributed by atoms with Gasteiger partial charge < -0.3 is 26.2 Å². The highest BCUT2D eigenvalue weighted by Gasteiger charge is 2.33. The lowest BCUT2D eigenvalue weighted by molar-refractivity contribution is -0.136. The Bertz CT molecular complexity index is 1360. The first-order valence-corrected chi connectivity index (χ1v) is 10.5. The number of carbonyl (C=O) groups is 2. The molecule has 0 aliphatic heterocycles. The minimum Gasteiger partial charge on any atom is -0.398 e. The summed E-state index contributed by atoms with van der Waals surface area (Å²) in [4.78, 5) is 37.0. The topological polar surface area (TPSA) is 161 Å². The fraction of sp³-hybridized carbons (Fsp3) is 0.100. The number of nitrogens with two attached hydrogens (primary N) is 1. The molecule has 35 heavy (non-hydrogen) atoms. The summed E-state index contributed by atoms with van der Waals surface area (Å²) < 4.78 is 43.8. The molecule has 1 aromatic carbocycles. The monoisotopic (exact) mass is 504 g/mol. The summed E-state index contributed by atoms with van der Waals surface area (Å²) >= 11 is 0.968. The Balaban J connectivity index is 1.35. The number of thiazole rings is 1. The Morgan fingerprint density at radius 2 is 1.89 bits per heavy atom. The van der Waals surface area contributed by atoms with Gasteiger partial charge in [-0.05, 0) is 18.2 Å². The first kappa shape index (κ1) is 23.6. The molecule has 5 N–H and O–H groups in total. The molecule has 0 spiro atoms. The largest absolute Gasteiger partial charge is 0.418 e. The molecule has 0 saturated carbocycles. The molecule has 2 amide bonds. The molecule has 0 aliphatic rings. The second-order valence-electron chi connectivity index (χ2n) is 6.85. The van der Waals surface area contributed by atoms with Crippen LogP contribution in [0, 0.1) is 0 Å². The van der Waals surface area contributed by atoms with E-state index in [4.69, 9.17) is 10.3 Å². The number of amides is 2. The van der Waals surface area contributed by atoms with Crippen molar-refractivity contribution in [2.45, 2.75) is 12.7 Å². The summed E-state index contributed by atoms with van der Waals surface area (Å²) in [6, 6.07) is 6.06. The Kier molecular flexibility index (Phi) is 6.59. The fourth-order valence-electron chi connectivity index (χ4n) is 2.77. The number of benzene rings is 1. The number of carbonyl (C=O) groups excluding carboxylic acids is 2. The number of hydrogen-bond donors (Lipinski definition) is 4. The van der Waals surface area contributed by atoms with Gasteiger partial charge in [0.05, 0.1) is 18.3 Å². The Hall–Kier alpha value is -4.53. The molecular weight excluding hydrogens is 489 g/mol. The third-order valence-corrected chi connectivity index (χ3v) is 5.38. The summed E-state index contributed by atoms with van der Waals surface area (Å²) in [6.07, 6.45) is -0.828. The number of hydrogen-bond acceptors (Lipinski definition) is 10. The van der Waals surface area contributed by atoms with E-state index in [0.717, 1.165) is 23.5 Å². The highest BCUT2D eigenvalue weighted by molar-refractivity contribution is 7.13. The van der Waals surface area contributed by atoms with E-state index in [1.54, 1.807) is 6.07 Å². The minimum atomic E-state index is -4.66. The maximum absolute atomic E-state index is 13.0. The van der Waals surface area contributed by atoms with E-state index in [-0.39, 0.29) is 22.8 Å². The zero-order valence-corrected chi connectivity index (χ0v) is 18.3. The Morgan fingerprint density at radius 3 is 2.63 bits per heavy atom. The van der Waals surface area contributed by atoms with Crippen LogP contribution in [-0.4, -0.2) is 31.9 Å². The molecule has 15 heteroatoms. The van der Waals surface area contributed by atoms with Gasteiger partial charge in [-0.15, -0.1) is 11.3 Å². The number of halogens is 3. The molecule has 3 heterocycles. The van der Waals surface area contributed by atoms with Gasteiger partial charge in [-0.3, -0.25) is 9.59 Å². The maximum atomic E-state index is 13.0. The van der Waals surface area contributed by atoms with E-state index in [2.05, 4.69) is 36.1 Å². The third-order valence-electron chi connectivity index (χ3n) is 4.39. The van der Waals surface area contributed by atoms with Crippen molar-refractivity contribution in [1.29, 1.82) is 0 Å². The summed E-state index contributed by atoms with van der Waals surface area (Å²) in [5.41, 5.74) is 3.87. The second-order valence-corrected chi connectivity index (χ2v) is 7.97. The van der Waals surface area contributed by atoms with Gasteiger partial charge in [0.25, 0.3) is 11.8 Å². The quantitative estimate of drug-likeness (QED) is 0.276. The summed E-state index contributed by atoms with van der Waals surface area (Å²) in [5.74, 6) is -0.448. The molecular formula is C20H15F3N8O3S. The molecule has 0 bridgehead atoms. The summed E-state index contributed by atoms with van der Waals surface area (Å²) in [7, 11) is 0. The van der Waals surface area contributed by atoms with Crippen molar-refractivity contribution >= 4 is 46.2 Å². The molecule has 0 atom stereocenters. The van der Waals surface area contributed by atoms with Crippen LogP contribution in [0.15, 0.2) is 53.6 Å². The molecule has 180 valence electrons. The Labute approximate surface area is 198 Å². The average molecular weight is 504 g/mol. The number of rotatable bonds is 7.